The Morgan fingerprint density at radius 2 is 2.00 bits per heavy atom. The molecule has 0 fully saturated rings. The third kappa shape index (κ3) is 4.08. The van der Waals surface area contributed by atoms with E-state index in [2.05, 4.69) is 25.9 Å². The normalized spacial score (nSPS) is 7.17. The fourth-order valence-corrected chi connectivity index (χ4v) is 0.949. The lowest BCUT2D eigenvalue weighted by molar-refractivity contribution is 1.29. The van der Waals surface area contributed by atoms with Crippen molar-refractivity contribution in [3.8, 4) is 5.63 Å². The molecule has 0 nitrogen and oxygen atoms in total. The van der Waals surface area contributed by atoms with Crippen molar-refractivity contribution in [1.82, 2.24) is 0 Å². The van der Waals surface area contributed by atoms with E-state index in [4.69, 9.17) is 0 Å². The molecule has 0 heterocycles. The minimum atomic E-state index is 0.149. The predicted molar refractivity (Wildman–Crippen MR) is 32.9 cm³/mol. The van der Waals surface area contributed by atoms with Gasteiger partial charge in [0.15, 0.2) is 0 Å². The molecular weight excluding hydrogens is 91.0 g/mol. The van der Waals surface area contributed by atoms with E-state index in [9.17, 15) is 0 Å². The molecule has 1 heteroatoms. The van der Waals surface area contributed by atoms with Gasteiger partial charge in [0.1, 0.15) is 0 Å². The van der Waals surface area contributed by atoms with Crippen LogP contribution >= 0.6 is 7.38 Å². The fraction of sp³-hybridized carbons (Fsp3) is 0.800. The van der Waals surface area contributed by atoms with E-state index in [1.54, 1.807) is 0 Å². The Hall–Kier alpha value is 0.0800. The van der Waals surface area contributed by atoms with Crippen molar-refractivity contribution in [2.24, 2.45) is 0 Å². The zero-order valence-corrected chi connectivity index (χ0v) is 5.55. The molecule has 6 heavy (non-hydrogen) atoms. The molecule has 0 aromatic rings. The molecule has 0 saturated heterocycles. The lowest BCUT2D eigenvalue weighted by atomic mass is 10.6. The van der Waals surface area contributed by atoms with E-state index >= 15 is 0 Å². The Morgan fingerprint density at radius 1 is 1.50 bits per heavy atom. The highest BCUT2D eigenvalue weighted by molar-refractivity contribution is 7.45. The third-order valence-corrected chi connectivity index (χ3v) is 1.42. The van der Waals surface area contributed by atoms with Crippen LogP contribution < -0.4 is 0 Å². The van der Waals surface area contributed by atoms with Gasteiger partial charge in [0.2, 0.25) is 0 Å². The first-order chi connectivity index (χ1) is 2.77. The summed E-state index contributed by atoms with van der Waals surface area (Å²) < 4.78 is 0. The van der Waals surface area contributed by atoms with Gasteiger partial charge >= 0.3 is 0 Å². The van der Waals surface area contributed by atoms with Crippen LogP contribution in [0.4, 0.5) is 0 Å². The van der Waals surface area contributed by atoms with E-state index in [0.29, 0.717) is 0 Å². The summed E-state index contributed by atoms with van der Waals surface area (Å²) >= 11 is 0. The maximum atomic E-state index is 3.27. The largest absolute Gasteiger partial charge is 0.131 e. The van der Waals surface area contributed by atoms with Crippen LogP contribution in [0, 0.1) is 5.63 Å². The van der Waals surface area contributed by atoms with Crippen molar-refractivity contribution >= 4 is 7.38 Å². The molecule has 0 spiro atoms. The molecule has 0 aliphatic rings. The molecule has 0 unspecified atom stereocenters. The van der Waals surface area contributed by atoms with Gasteiger partial charge in [-0.3, -0.25) is 0 Å². The monoisotopic (exact) mass is 102 g/mol. The second-order valence-electron chi connectivity index (χ2n) is 1.41. The molecule has 0 radical (unpaired) electrons. The summed E-state index contributed by atoms with van der Waals surface area (Å²) in [7, 11) is 0.149. The van der Waals surface area contributed by atoms with Crippen molar-refractivity contribution in [3.05, 3.63) is 0 Å². The molecule has 0 aromatic heterocycles. The number of rotatable bonds is 0. The van der Waals surface area contributed by atoms with E-state index in [0.717, 1.165) is 6.42 Å². The topological polar surface area (TPSA) is 0 Å². The Kier molecular flexibility index (Phi) is 3.32. The lowest BCUT2D eigenvalue weighted by Gasteiger charge is -1.74. The SMILES string of the molecule is CCC#P(C)C. The second kappa shape index (κ2) is 3.28. The fourth-order valence-electron chi connectivity index (χ4n) is 0.316. The van der Waals surface area contributed by atoms with Gasteiger partial charge in [-0.2, -0.15) is 0 Å². The minimum Gasteiger partial charge on any atom is -0.131 e. The smallest absolute Gasteiger partial charge is 0.00195 e. The van der Waals surface area contributed by atoms with Crippen molar-refractivity contribution in [2.75, 3.05) is 13.3 Å². The molecule has 0 amide bonds. The summed E-state index contributed by atoms with van der Waals surface area (Å²) in [4.78, 5) is 0. The summed E-state index contributed by atoms with van der Waals surface area (Å²) in [5.41, 5.74) is 3.27. The zero-order chi connectivity index (χ0) is 4.99. The van der Waals surface area contributed by atoms with Gasteiger partial charge in [-0.25, -0.2) is 0 Å². The van der Waals surface area contributed by atoms with Gasteiger partial charge in [0, 0.05) is 6.42 Å². The Bertz CT molecular complexity index is 85.5. The van der Waals surface area contributed by atoms with Crippen LogP contribution in [0.1, 0.15) is 13.3 Å². The quantitative estimate of drug-likeness (QED) is 0.411. The second-order valence-corrected chi connectivity index (χ2v) is 3.51. The maximum Gasteiger partial charge on any atom is 0.00195 e. The van der Waals surface area contributed by atoms with Crippen LogP contribution in [0.5, 0.6) is 0 Å². The van der Waals surface area contributed by atoms with E-state index in [1.165, 1.54) is 0 Å². The third-order valence-electron chi connectivity index (χ3n) is 0.474. The molecule has 0 rings (SSSR count). The zero-order valence-electron chi connectivity index (χ0n) is 4.65. The van der Waals surface area contributed by atoms with Gasteiger partial charge < -0.3 is 0 Å². The summed E-state index contributed by atoms with van der Waals surface area (Å²) in [6, 6.07) is 0. The average Bonchev–Trinajstić information content (AvgIpc) is 1.35. The molecule has 36 valence electrons. The van der Waals surface area contributed by atoms with E-state index in [1.807, 2.05) is 0 Å². The molecule has 0 atom stereocenters. The molecule has 0 saturated carbocycles. The molecule has 0 aliphatic carbocycles. The van der Waals surface area contributed by atoms with E-state index < -0.39 is 0 Å². The van der Waals surface area contributed by atoms with Crippen molar-refractivity contribution < 1.29 is 0 Å². The van der Waals surface area contributed by atoms with Crippen molar-refractivity contribution in [1.29, 1.82) is 0 Å². The van der Waals surface area contributed by atoms with Crippen LogP contribution in [0.25, 0.3) is 0 Å². The molecule has 0 bridgehead atoms. The first-order valence-corrected chi connectivity index (χ1v) is 4.41. The molecule has 0 aliphatic heterocycles. The summed E-state index contributed by atoms with van der Waals surface area (Å²) in [5.74, 6) is 0. The Balaban J connectivity index is 3.36. The highest BCUT2D eigenvalue weighted by Crippen LogP contribution is 2.02. The summed E-state index contributed by atoms with van der Waals surface area (Å²) in [6.45, 7) is 6.54. The van der Waals surface area contributed by atoms with Crippen LogP contribution in [0.15, 0.2) is 0 Å². The first kappa shape index (κ1) is 6.08. The van der Waals surface area contributed by atoms with Crippen LogP contribution in [-0.2, 0) is 0 Å². The van der Waals surface area contributed by atoms with E-state index in [-0.39, 0.29) is 7.38 Å². The summed E-state index contributed by atoms with van der Waals surface area (Å²) in [5, 5.41) is 0. The molecule has 0 aromatic carbocycles. The summed E-state index contributed by atoms with van der Waals surface area (Å²) in [6.07, 6.45) is 1.11. The molecule has 0 N–H and O–H groups in total. The standard InChI is InChI=1S/C5H11P/c1-4-5-6(2)3/h4H2,1-3H3. The van der Waals surface area contributed by atoms with Gasteiger partial charge in [0.25, 0.3) is 0 Å². The van der Waals surface area contributed by atoms with Crippen molar-refractivity contribution in [3.63, 3.8) is 0 Å². The van der Waals surface area contributed by atoms with Crippen molar-refractivity contribution in [2.45, 2.75) is 13.3 Å². The van der Waals surface area contributed by atoms with Crippen LogP contribution in [0.3, 0.4) is 0 Å². The highest BCUT2D eigenvalue weighted by Gasteiger charge is 1.60. The van der Waals surface area contributed by atoms with Gasteiger partial charge in [-0.1, -0.05) is 6.92 Å². The van der Waals surface area contributed by atoms with Crippen LogP contribution in [-0.4, -0.2) is 13.3 Å². The van der Waals surface area contributed by atoms with Gasteiger partial charge in [-0.05, 0) is 13.3 Å². The molecular formula is C5H11P. The Morgan fingerprint density at radius 3 is 2.00 bits per heavy atom. The average molecular weight is 102 g/mol. The number of hydrogen-bond donors (Lipinski definition) is 0. The van der Waals surface area contributed by atoms with Gasteiger partial charge in [0.05, 0.1) is 0 Å². The predicted octanol–water partition coefficient (Wildman–Crippen LogP) is 2.10. The Labute approximate surface area is 40.6 Å². The minimum absolute atomic E-state index is 0.149. The first-order valence-electron chi connectivity index (χ1n) is 2.18. The lowest BCUT2D eigenvalue weighted by Crippen LogP contribution is -1.46. The number of hydrogen-bond acceptors (Lipinski definition) is 0. The maximum absolute atomic E-state index is 3.27. The van der Waals surface area contributed by atoms with Gasteiger partial charge in [-0.15, -0.1) is 13.0 Å². The van der Waals surface area contributed by atoms with Crippen LogP contribution in [0.2, 0.25) is 0 Å². The highest BCUT2D eigenvalue weighted by atomic mass is 31.1.